The summed E-state index contributed by atoms with van der Waals surface area (Å²) in [7, 11) is -1.48. The molecular formula is C12H16FNO2S. The molecule has 3 nitrogen and oxygen atoms in total. The van der Waals surface area contributed by atoms with Crippen molar-refractivity contribution in [1.82, 2.24) is 5.32 Å². The van der Waals surface area contributed by atoms with Crippen LogP contribution in [0.15, 0.2) is 29.2 Å². The zero-order valence-corrected chi connectivity index (χ0v) is 10.3. The summed E-state index contributed by atoms with van der Waals surface area (Å²) in [6.07, 6.45) is 1.59. The van der Waals surface area contributed by atoms with E-state index < -0.39 is 22.7 Å². The molecule has 94 valence electrons. The van der Waals surface area contributed by atoms with Crippen LogP contribution in [0.4, 0.5) is 4.39 Å². The van der Waals surface area contributed by atoms with E-state index in [0.717, 1.165) is 12.8 Å². The van der Waals surface area contributed by atoms with Gasteiger partial charge in [-0.3, -0.25) is 4.21 Å². The lowest BCUT2D eigenvalue weighted by Crippen LogP contribution is -2.32. The number of nitrogens with one attached hydrogen (secondary N) is 1. The van der Waals surface area contributed by atoms with Gasteiger partial charge in [-0.25, -0.2) is 4.39 Å². The molecule has 1 aliphatic rings. The van der Waals surface area contributed by atoms with Crippen molar-refractivity contribution in [3.63, 3.8) is 0 Å². The summed E-state index contributed by atoms with van der Waals surface area (Å²) in [5.41, 5.74) is 0. The van der Waals surface area contributed by atoms with Crippen molar-refractivity contribution in [2.75, 3.05) is 12.3 Å². The summed E-state index contributed by atoms with van der Waals surface area (Å²) in [6.45, 7) is 0.421. The summed E-state index contributed by atoms with van der Waals surface area (Å²) in [5.74, 6) is -0.408. The van der Waals surface area contributed by atoms with E-state index in [1.54, 1.807) is 12.1 Å². The molecule has 1 aromatic rings. The van der Waals surface area contributed by atoms with Crippen LogP contribution < -0.4 is 5.32 Å². The number of rotatable bonds is 6. The van der Waals surface area contributed by atoms with Gasteiger partial charge in [0.1, 0.15) is 5.82 Å². The minimum Gasteiger partial charge on any atom is -0.391 e. The molecule has 0 aromatic heterocycles. The molecule has 1 aromatic carbocycles. The summed E-state index contributed by atoms with van der Waals surface area (Å²) in [4.78, 5) is 0.165. The van der Waals surface area contributed by atoms with Crippen molar-refractivity contribution in [3.8, 4) is 0 Å². The van der Waals surface area contributed by atoms with Crippen LogP contribution >= 0.6 is 0 Å². The number of hydrogen-bond donors (Lipinski definition) is 2. The molecule has 0 saturated heterocycles. The molecule has 0 heterocycles. The van der Waals surface area contributed by atoms with E-state index in [-0.39, 0.29) is 10.6 Å². The van der Waals surface area contributed by atoms with E-state index in [0.29, 0.717) is 12.6 Å². The van der Waals surface area contributed by atoms with Crippen LogP contribution in [0.5, 0.6) is 0 Å². The van der Waals surface area contributed by atoms with Gasteiger partial charge in [0, 0.05) is 12.6 Å². The van der Waals surface area contributed by atoms with Crippen LogP contribution in [0.2, 0.25) is 0 Å². The molecule has 1 fully saturated rings. The molecule has 1 saturated carbocycles. The van der Waals surface area contributed by atoms with E-state index in [9.17, 15) is 13.7 Å². The Balaban J connectivity index is 1.85. The second kappa shape index (κ2) is 5.71. The molecule has 0 aliphatic heterocycles. The second-order valence-corrected chi connectivity index (χ2v) is 5.74. The molecule has 5 heteroatoms. The Morgan fingerprint density at radius 3 is 2.82 bits per heavy atom. The summed E-state index contributed by atoms with van der Waals surface area (Å²) < 4.78 is 25.1. The Bertz CT molecular complexity index is 409. The number of hydrogen-bond acceptors (Lipinski definition) is 3. The Morgan fingerprint density at radius 2 is 2.18 bits per heavy atom. The molecule has 0 amide bonds. The first-order valence-corrected chi connectivity index (χ1v) is 7.03. The van der Waals surface area contributed by atoms with Crippen LogP contribution in [0.25, 0.3) is 0 Å². The minimum atomic E-state index is -1.48. The summed E-state index contributed by atoms with van der Waals surface area (Å²) in [6, 6.07) is 6.48. The second-order valence-electron chi connectivity index (χ2n) is 4.28. The SMILES string of the molecule is O=S(CC(O)CNC1CC1)c1ccccc1F. The summed E-state index contributed by atoms with van der Waals surface area (Å²) >= 11 is 0. The third-order valence-corrected chi connectivity index (χ3v) is 4.15. The Hall–Kier alpha value is -0.780. The van der Waals surface area contributed by atoms with Gasteiger partial charge in [0.15, 0.2) is 0 Å². The van der Waals surface area contributed by atoms with E-state index in [2.05, 4.69) is 5.32 Å². The lowest BCUT2D eigenvalue weighted by atomic mass is 10.3. The molecular weight excluding hydrogens is 241 g/mol. The molecule has 1 aliphatic carbocycles. The van der Waals surface area contributed by atoms with Crippen LogP contribution in [-0.4, -0.2) is 33.8 Å². The fourth-order valence-electron chi connectivity index (χ4n) is 1.54. The van der Waals surface area contributed by atoms with Crippen molar-refractivity contribution in [1.29, 1.82) is 0 Å². The lowest BCUT2D eigenvalue weighted by molar-refractivity contribution is 0.194. The third kappa shape index (κ3) is 3.87. The highest BCUT2D eigenvalue weighted by atomic mass is 32.2. The molecule has 2 unspecified atom stereocenters. The lowest BCUT2D eigenvalue weighted by Gasteiger charge is -2.11. The molecule has 17 heavy (non-hydrogen) atoms. The van der Waals surface area contributed by atoms with Gasteiger partial charge in [-0.1, -0.05) is 12.1 Å². The van der Waals surface area contributed by atoms with Gasteiger partial charge in [-0.05, 0) is 25.0 Å². The number of halogens is 1. The van der Waals surface area contributed by atoms with Crippen LogP contribution in [0.1, 0.15) is 12.8 Å². The Morgan fingerprint density at radius 1 is 1.47 bits per heavy atom. The maximum Gasteiger partial charge on any atom is 0.139 e. The predicted octanol–water partition coefficient (Wildman–Crippen LogP) is 1.05. The van der Waals surface area contributed by atoms with Crippen molar-refractivity contribution < 1.29 is 13.7 Å². The zero-order valence-electron chi connectivity index (χ0n) is 9.43. The molecule has 0 radical (unpaired) electrons. The Labute approximate surface area is 102 Å². The number of aliphatic hydroxyl groups excluding tert-OH is 1. The maximum absolute atomic E-state index is 13.3. The van der Waals surface area contributed by atoms with Crippen molar-refractivity contribution in [2.45, 2.75) is 29.9 Å². The normalized spacial score (nSPS) is 18.9. The molecule has 2 rings (SSSR count). The topological polar surface area (TPSA) is 49.3 Å². The van der Waals surface area contributed by atoms with Gasteiger partial charge in [0.2, 0.25) is 0 Å². The maximum atomic E-state index is 13.3. The van der Waals surface area contributed by atoms with E-state index in [4.69, 9.17) is 0 Å². The molecule has 0 spiro atoms. The largest absolute Gasteiger partial charge is 0.391 e. The highest BCUT2D eigenvalue weighted by Crippen LogP contribution is 2.18. The average molecular weight is 257 g/mol. The van der Waals surface area contributed by atoms with Gasteiger partial charge in [0.25, 0.3) is 0 Å². The van der Waals surface area contributed by atoms with Crippen molar-refractivity contribution >= 4 is 10.8 Å². The first-order chi connectivity index (χ1) is 8.16. The third-order valence-electron chi connectivity index (χ3n) is 2.65. The van der Waals surface area contributed by atoms with Crippen LogP contribution in [0, 0.1) is 5.82 Å². The smallest absolute Gasteiger partial charge is 0.139 e. The van der Waals surface area contributed by atoms with E-state index >= 15 is 0 Å². The van der Waals surface area contributed by atoms with Crippen LogP contribution in [-0.2, 0) is 10.8 Å². The quantitative estimate of drug-likeness (QED) is 0.801. The predicted molar refractivity (Wildman–Crippen MR) is 64.7 cm³/mol. The van der Waals surface area contributed by atoms with Gasteiger partial charge < -0.3 is 10.4 Å². The highest BCUT2D eigenvalue weighted by molar-refractivity contribution is 7.85. The average Bonchev–Trinajstić information content (AvgIpc) is 3.10. The molecule has 2 atom stereocenters. The zero-order chi connectivity index (χ0) is 12.3. The molecule has 2 N–H and O–H groups in total. The van der Waals surface area contributed by atoms with Crippen molar-refractivity contribution in [2.24, 2.45) is 0 Å². The highest BCUT2D eigenvalue weighted by Gasteiger charge is 2.22. The van der Waals surface area contributed by atoms with E-state index in [1.165, 1.54) is 12.1 Å². The monoisotopic (exact) mass is 257 g/mol. The van der Waals surface area contributed by atoms with Gasteiger partial charge in [-0.2, -0.15) is 0 Å². The Kier molecular flexibility index (Phi) is 4.25. The first-order valence-electron chi connectivity index (χ1n) is 5.71. The van der Waals surface area contributed by atoms with Crippen LogP contribution in [0.3, 0.4) is 0 Å². The van der Waals surface area contributed by atoms with Crippen molar-refractivity contribution in [3.05, 3.63) is 30.1 Å². The fraction of sp³-hybridized carbons (Fsp3) is 0.500. The minimum absolute atomic E-state index is 0.0701. The van der Waals surface area contributed by atoms with E-state index in [1.807, 2.05) is 0 Å². The standard InChI is InChI=1S/C12H16FNO2S/c13-11-3-1-2-4-12(11)17(16)8-10(15)7-14-9-5-6-9/h1-4,9-10,14-15H,5-8H2. The fourth-order valence-corrected chi connectivity index (χ4v) is 2.71. The molecule has 0 bridgehead atoms. The van der Waals surface area contributed by atoms with Gasteiger partial charge in [0.05, 0.1) is 27.6 Å². The van der Waals surface area contributed by atoms with Gasteiger partial charge in [-0.15, -0.1) is 0 Å². The van der Waals surface area contributed by atoms with Gasteiger partial charge >= 0.3 is 0 Å². The number of aliphatic hydroxyl groups is 1. The number of benzene rings is 1. The first kappa shape index (κ1) is 12.7. The summed E-state index contributed by atoms with van der Waals surface area (Å²) in [5, 5.41) is 12.8.